The number of rotatable bonds is 6. The highest BCUT2D eigenvalue weighted by Gasteiger charge is 2.17. The minimum atomic E-state index is -0.363. The molecule has 0 heterocycles. The highest BCUT2D eigenvalue weighted by Crippen LogP contribution is 2.32. The Morgan fingerprint density at radius 2 is 1.35 bits per heavy atom. The Kier molecular flexibility index (Phi) is 6.81. The molecule has 0 bridgehead atoms. The van der Waals surface area contributed by atoms with Gasteiger partial charge >= 0.3 is 0 Å². The minimum Gasteiger partial charge on any atom is -0.326 e. The lowest BCUT2D eigenvalue weighted by atomic mass is 9.92. The third-order valence-corrected chi connectivity index (χ3v) is 4.34. The first-order chi connectivity index (χ1) is 12.3. The number of benzene rings is 2. The van der Waals surface area contributed by atoms with Crippen LogP contribution in [0, 0.1) is 0 Å². The van der Waals surface area contributed by atoms with Crippen molar-refractivity contribution >= 4 is 34.8 Å². The second-order valence-electron chi connectivity index (χ2n) is 6.90. The van der Waals surface area contributed by atoms with Crippen LogP contribution in [-0.2, 0) is 9.59 Å². The van der Waals surface area contributed by atoms with Gasteiger partial charge in [0, 0.05) is 16.4 Å². The summed E-state index contributed by atoms with van der Waals surface area (Å²) in [4.78, 5) is 24.6. The first-order valence-electron chi connectivity index (χ1n) is 8.76. The van der Waals surface area contributed by atoms with Gasteiger partial charge in [-0.2, -0.15) is 0 Å². The van der Waals surface area contributed by atoms with Crippen LogP contribution in [0.25, 0.3) is 0 Å². The molecule has 2 aromatic carbocycles. The number of hydrogen-bond acceptors (Lipinski definition) is 2. The lowest BCUT2D eigenvalue weighted by Gasteiger charge is -2.20. The molecule has 0 spiro atoms. The molecule has 5 heteroatoms. The normalized spacial score (nSPS) is 10.9. The molecule has 138 valence electrons. The number of halogens is 1. The van der Waals surface area contributed by atoms with Crippen LogP contribution in [0.2, 0.25) is 5.02 Å². The zero-order chi connectivity index (χ0) is 19.3. The highest BCUT2D eigenvalue weighted by molar-refractivity contribution is 6.30. The number of amides is 2. The molecule has 0 aliphatic rings. The second kappa shape index (κ2) is 8.86. The van der Waals surface area contributed by atoms with E-state index in [-0.39, 0.29) is 30.1 Å². The van der Waals surface area contributed by atoms with E-state index in [1.54, 1.807) is 24.3 Å². The van der Waals surface area contributed by atoms with Gasteiger partial charge in [-0.05, 0) is 47.2 Å². The molecule has 0 aliphatic carbocycles. The summed E-state index contributed by atoms with van der Waals surface area (Å²) in [6, 6.07) is 12.8. The summed E-state index contributed by atoms with van der Waals surface area (Å²) in [6.45, 7) is 8.34. The largest absolute Gasteiger partial charge is 0.326 e. The molecular weight excluding hydrogens is 348 g/mol. The smallest absolute Gasteiger partial charge is 0.233 e. The van der Waals surface area contributed by atoms with E-state index >= 15 is 0 Å². The number of carbonyl (C=O) groups is 2. The summed E-state index contributed by atoms with van der Waals surface area (Å²) in [5.41, 5.74) is 3.57. The van der Waals surface area contributed by atoms with E-state index in [2.05, 4.69) is 38.3 Å². The molecule has 2 amide bonds. The average molecular weight is 373 g/mol. The average Bonchev–Trinajstić information content (AvgIpc) is 2.56. The number of anilines is 2. The molecule has 0 atom stereocenters. The van der Waals surface area contributed by atoms with Gasteiger partial charge in [-0.15, -0.1) is 0 Å². The van der Waals surface area contributed by atoms with Gasteiger partial charge in [0.2, 0.25) is 11.8 Å². The van der Waals surface area contributed by atoms with Crippen molar-refractivity contribution in [3.63, 3.8) is 0 Å². The van der Waals surface area contributed by atoms with Gasteiger partial charge in [-0.3, -0.25) is 9.59 Å². The Morgan fingerprint density at radius 1 is 0.846 bits per heavy atom. The van der Waals surface area contributed by atoms with E-state index in [4.69, 9.17) is 11.6 Å². The zero-order valence-electron chi connectivity index (χ0n) is 15.6. The molecular formula is C21H25ClN2O2. The van der Waals surface area contributed by atoms with Crippen LogP contribution in [0.4, 0.5) is 11.4 Å². The fourth-order valence-corrected chi connectivity index (χ4v) is 2.89. The fourth-order valence-electron chi connectivity index (χ4n) is 2.76. The minimum absolute atomic E-state index is 0.243. The maximum Gasteiger partial charge on any atom is 0.233 e. The van der Waals surface area contributed by atoms with E-state index in [0.29, 0.717) is 10.7 Å². The molecule has 4 nitrogen and oxygen atoms in total. The van der Waals surface area contributed by atoms with E-state index in [0.717, 1.165) is 16.8 Å². The monoisotopic (exact) mass is 372 g/mol. The highest BCUT2D eigenvalue weighted by atomic mass is 35.5. The lowest BCUT2D eigenvalue weighted by molar-refractivity contribution is -0.123. The predicted molar refractivity (Wildman–Crippen MR) is 108 cm³/mol. The van der Waals surface area contributed by atoms with Crippen LogP contribution < -0.4 is 10.6 Å². The molecule has 0 unspecified atom stereocenters. The molecule has 0 saturated carbocycles. The number of hydrogen-bond donors (Lipinski definition) is 2. The van der Waals surface area contributed by atoms with Crippen molar-refractivity contribution in [1.82, 2.24) is 0 Å². The lowest BCUT2D eigenvalue weighted by Crippen LogP contribution is -2.22. The SMILES string of the molecule is CC(C)c1cccc(C(C)C)c1NC(=O)CC(=O)Nc1ccc(Cl)cc1. The third-order valence-electron chi connectivity index (χ3n) is 4.09. The Bertz CT molecular complexity index is 757. The molecule has 0 fully saturated rings. The van der Waals surface area contributed by atoms with Crippen LogP contribution in [-0.4, -0.2) is 11.8 Å². The van der Waals surface area contributed by atoms with E-state index < -0.39 is 0 Å². The quantitative estimate of drug-likeness (QED) is 0.652. The first-order valence-corrected chi connectivity index (χ1v) is 9.13. The second-order valence-corrected chi connectivity index (χ2v) is 7.34. The Morgan fingerprint density at radius 3 is 1.85 bits per heavy atom. The zero-order valence-corrected chi connectivity index (χ0v) is 16.4. The first kappa shape index (κ1) is 20.0. The summed E-state index contributed by atoms with van der Waals surface area (Å²) in [6.07, 6.45) is -0.243. The maximum absolute atomic E-state index is 12.4. The summed E-state index contributed by atoms with van der Waals surface area (Å²) in [5, 5.41) is 6.24. The maximum atomic E-state index is 12.4. The summed E-state index contributed by atoms with van der Waals surface area (Å²) >= 11 is 5.83. The molecule has 26 heavy (non-hydrogen) atoms. The van der Waals surface area contributed by atoms with Gasteiger partial charge in [0.15, 0.2) is 0 Å². The van der Waals surface area contributed by atoms with Crippen molar-refractivity contribution < 1.29 is 9.59 Å². The molecule has 0 aliphatic heterocycles. The van der Waals surface area contributed by atoms with Crippen LogP contribution in [0.5, 0.6) is 0 Å². The van der Waals surface area contributed by atoms with Crippen molar-refractivity contribution in [3.8, 4) is 0 Å². The fraction of sp³-hybridized carbons (Fsp3) is 0.333. The number of para-hydroxylation sites is 1. The standard InChI is InChI=1S/C21H25ClN2O2/c1-13(2)17-6-5-7-18(14(3)4)21(17)24-20(26)12-19(25)23-16-10-8-15(22)9-11-16/h5-11,13-14H,12H2,1-4H3,(H,23,25)(H,24,26). The van der Waals surface area contributed by atoms with Crippen molar-refractivity contribution in [2.75, 3.05) is 10.6 Å². The van der Waals surface area contributed by atoms with Gasteiger partial charge in [0.05, 0.1) is 0 Å². The molecule has 2 N–H and O–H groups in total. The van der Waals surface area contributed by atoms with Gasteiger partial charge in [0.1, 0.15) is 6.42 Å². The summed E-state index contributed by atoms with van der Waals surface area (Å²) in [7, 11) is 0. The molecule has 2 aromatic rings. The van der Waals surface area contributed by atoms with E-state index in [1.807, 2.05) is 18.2 Å². The van der Waals surface area contributed by atoms with Gasteiger partial charge in [-0.25, -0.2) is 0 Å². The Balaban J connectivity index is 2.09. The third kappa shape index (κ3) is 5.33. The molecule has 0 radical (unpaired) electrons. The Hall–Kier alpha value is -2.33. The van der Waals surface area contributed by atoms with Crippen LogP contribution >= 0.6 is 11.6 Å². The van der Waals surface area contributed by atoms with Crippen molar-refractivity contribution in [1.29, 1.82) is 0 Å². The summed E-state index contributed by atoms with van der Waals surface area (Å²) < 4.78 is 0. The van der Waals surface area contributed by atoms with E-state index in [1.165, 1.54) is 0 Å². The van der Waals surface area contributed by atoms with Gasteiger partial charge in [0.25, 0.3) is 0 Å². The molecule has 0 aromatic heterocycles. The summed E-state index contributed by atoms with van der Waals surface area (Å²) in [5.74, 6) is -0.150. The van der Waals surface area contributed by atoms with Gasteiger partial charge in [-0.1, -0.05) is 57.5 Å². The molecule has 0 saturated heterocycles. The van der Waals surface area contributed by atoms with Crippen molar-refractivity contribution in [3.05, 3.63) is 58.6 Å². The molecule has 2 rings (SSSR count). The Labute approximate surface area is 159 Å². The predicted octanol–water partition coefficient (Wildman–Crippen LogP) is 5.55. The van der Waals surface area contributed by atoms with Crippen LogP contribution in [0.3, 0.4) is 0 Å². The van der Waals surface area contributed by atoms with Crippen LogP contribution in [0.15, 0.2) is 42.5 Å². The number of carbonyl (C=O) groups excluding carboxylic acids is 2. The van der Waals surface area contributed by atoms with Crippen molar-refractivity contribution in [2.24, 2.45) is 0 Å². The van der Waals surface area contributed by atoms with Gasteiger partial charge < -0.3 is 10.6 Å². The van der Waals surface area contributed by atoms with E-state index in [9.17, 15) is 9.59 Å². The van der Waals surface area contributed by atoms with Crippen LogP contribution in [0.1, 0.15) is 57.1 Å². The topological polar surface area (TPSA) is 58.2 Å². The van der Waals surface area contributed by atoms with Crippen molar-refractivity contribution in [2.45, 2.75) is 46.0 Å². The number of nitrogens with one attached hydrogen (secondary N) is 2.